The first-order chi connectivity index (χ1) is 33.7. The van der Waals surface area contributed by atoms with Crippen LogP contribution in [0.1, 0.15) is 27.2 Å². The third-order valence-electron chi connectivity index (χ3n) is 13.5. The van der Waals surface area contributed by atoms with Crippen LogP contribution in [-0.2, 0) is 56.8 Å². The molecule has 0 aliphatic carbocycles. The Balaban J connectivity index is 0.00000157. The minimum absolute atomic E-state index is 0.884. The molecule has 18 N–H and O–H groups in total. The van der Waals surface area contributed by atoms with Crippen LogP contribution >= 0.6 is 0 Å². The van der Waals surface area contributed by atoms with Crippen LogP contribution in [0.25, 0.3) is 0 Å². The first kappa shape index (κ1) is 59.1. The number of aliphatic hydroxyl groups excluding tert-OH is 18. The highest BCUT2D eigenvalue weighted by molar-refractivity contribution is 5.01. The van der Waals surface area contributed by atoms with Gasteiger partial charge in [0.15, 0.2) is 37.7 Å². The normalized spacial score (nSPS) is 52.1. The number of aliphatic hydroxyl groups is 18. The minimum atomic E-state index is -2.15. The summed E-state index contributed by atoms with van der Waals surface area (Å²) in [6.45, 7) is 0.650. The van der Waals surface area contributed by atoms with Gasteiger partial charge in [-0.15, -0.1) is 0 Å². The predicted octanol–water partition coefficient (Wildman–Crippen LogP) is -11.0. The first-order valence-corrected chi connectivity index (χ1v) is 23.4. The molecule has 0 aromatic rings. The van der Waals surface area contributed by atoms with Gasteiger partial charge in [-0.25, -0.2) is 0 Å². The van der Waals surface area contributed by atoms with E-state index in [1.807, 2.05) is 0 Å². The summed E-state index contributed by atoms with van der Waals surface area (Å²) >= 11 is 0. The molecule has 0 spiro atoms. The van der Waals surface area contributed by atoms with Gasteiger partial charge < -0.3 is 149 Å². The topological polar surface area (TPSA) is 475 Å². The highest BCUT2D eigenvalue weighted by atomic mass is 16.8. The molecule has 22 aliphatic heterocycles. The molecule has 22 aliphatic rings. The quantitative estimate of drug-likeness (QED) is 0.113. The number of hydrogen-bond acceptors (Lipinski definition) is 30. The van der Waals surface area contributed by atoms with E-state index < -0.39 is 224 Å². The summed E-state index contributed by atoms with van der Waals surface area (Å²) < 4.78 is 67.9. The number of rotatable bonds is 7. The molecule has 30 heteroatoms. The zero-order valence-corrected chi connectivity index (χ0v) is 38.8. The Morgan fingerprint density at radius 1 is 0.254 bits per heavy atom. The maximum absolute atomic E-state index is 11.2. The second-order valence-corrected chi connectivity index (χ2v) is 18.6. The standard InChI is InChI=1S/C36H60O30.C5H12/c37-1-7-25-13(43)19(49)31(55-7)62-26-8(2-38)57-33(21(51)15(26)45)64-28-10(4-40)59-35(23(53)17(28)47)66-30-12(6-42)60-36(24(54)18(30)48)65-29-11(5-41)58-34(22(52)16(29)46)63-27-9(3-39)56-32(61-25)20(50)14(27)44;1-4-5(2)3/h7-54H,1-6H2;5H,4H2,1-3H3/t7-,8-,9-,10-,11-,12-,13-,14-,15-,16-,17-,18-,19-,20-,21-,22-,23-,24-,25-,26-,27-,28-,29-,30-,31-,32-,33-,34-,35-,36-;/m1./s1. The fraction of sp³-hybridized carbons (Fsp3) is 1.00. The summed E-state index contributed by atoms with van der Waals surface area (Å²) in [5.41, 5.74) is 0. The van der Waals surface area contributed by atoms with Crippen molar-refractivity contribution in [3.63, 3.8) is 0 Å². The second kappa shape index (κ2) is 25.8. The fourth-order valence-corrected chi connectivity index (χ4v) is 8.93. The summed E-state index contributed by atoms with van der Waals surface area (Å²) in [7, 11) is 0. The van der Waals surface area contributed by atoms with E-state index in [4.69, 9.17) is 56.8 Å². The molecular formula is C41H72O30. The van der Waals surface area contributed by atoms with Crippen molar-refractivity contribution < 1.29 is 149 Å². The van der Waals surface area contributed by atoms with E-state index in [-0.39, 0.29) is 0 Å². The Labute approximate surface area is 405 Å². The zero-order chi connectivity index (χ0) is 52.3. The van der Waals surface area contributed by atoms with Crippen LogP contribution < -0.4 is 0 Å². The van der Waals surface area contributed by atoms with Gasteiger partial charge in [0.1, 0.15) is 146 Å². The fourth-order valence-electron chi connectivity index (χ4n) is 8.93. The van der Waals surface area contributed by atoms with Crippen molar-refractivity contribution in [3.8, 4) is 0 Å². The lowest BCUT2D eigenvalue weighted by molar-refractivity contribution is -0.404. The van der Waals surface area contributed by atoms with Gasteiger partial charge in [-0.1, -0.05) is 27.2 Å². The van der Waals surface area contributed by atoms with Crippen molar-refractivity contribution in [1.29, 1.82) is 0 Å². The first-order valence-electron chi connectivity index (χ1n) is 23.4. The van der Waals surface area contributed by atoms with E-state index in [1.165, 1.54) is 6.42 Å². The van der Waals surface area contributed by atoms with E-state index in [2.05, 4.69) is 20.8 Å². The maximum Gasteiger partial charge on any atom is 0.187 e. The molecule has 22 saturated heterocycles. The van der Waals surface area contributed by atoms with E-state index in [0.29, 0.717) is 0 Å². The van der Waals surface area contributed by atoms with Crippen molar-refractivity contribution in [3.05, 3.63) is 0 Å². The van der Waals surface area contributed by atoms with Crippen LogP contribution in [0, 0.1) is 5.92 Å². The maximum atomic E-state index is 11.2. The van der Waals surface area contributed by atoms with Gasteiger partial charge in [-0.3, -0.25) is 0 Å². The Morgan fingerprint density at radius 2 is 0.380 bits per heavy atom. The van der Waals surface area contributed by atoms with Crippen LogP contribution in [0.2, 0.25) is 0 Å². The van der Waals surface area contributed by atoms with E-state index in [0.717, 1.165) is 5.92 Å². The van der Waals surface area contributed by atoms with E-state index in [9.17, 15) is 91.9 Å². The molecule has 416 valence electrons. The molecule has 22 rings (SSSR count). The molecular weight excluding hydrogens is 972 g/mol. The summed E-state index contributed by atoms with van der Waals surface area (Å²) in [6, 6.07) is 0. The van der Waals surface area contributed by atoms with E-state index in [1.54, 1.807) is 0 Å². The van der Waals surface area contributed by atoms with Crippen molar-refractivity contribution >= 4 is 0 Å². The molecule has 12 bridgehead atoms. The monoisotopic (exact) mass is 1040 g/mol. The SMILES string of the molecule is CCC(C)C.OC[C@H]1O[C@@H]2O[C@H]3[C@H](O)[C@@H](O)[C@@H](O[C@H]4[C@H](O)[C@@H](O)[C@@H](O[C@H]5[C@H](O)[C@@H](O)[C@@H](O[C@H]6[C@H](O)[C@@H](O)[C@@H](O[C@H]7[C@H](O)[C@@H](O)[C@@H](O[C@H]1[C@H](O)[C@H]2O)O[C@@H]7CO)O[C@@H]6CO)O[C@@H]5CO)O[C@@H]4CO)O[C@@H]3CO. The third kappa shape index (κ3) is 12.5. The summed E-state index contributed by atoms with van der Waals surface area (Å²) in [4.78, 5) is 0. The molecule has 0 unspecified atom stereocenters. The molecule has 71 heavy (non-hydrogen) atoms. The highest BCUT2D eigenvalue weighted by Gasteiger charge is 2.58. The Morgan fingerprint density at radius 3 is 0.479 bits per heavy atom. The molecule has 0 saturated carbocycles. The lowest BCUT2D eigenvalue weighted by Gasteiger charge is -2.50. The molecule has 0 radical (unpaired) electrons. The van der Waals surface area contributed by atoms with Crippen LogP contribution in [0.5, 0.6) is 0 Å². The lowest BCUT2D eigenvalue weighted by Crippen LogP contribution is -2.69. The Bertz CT molecular complexity index is 1300. The molecule has 0 amide bonds. The smallest absolute Gasteiger partial charge is 0.187 e. The second-order valence-electron chi connectivity index (χ2n) is 18.6. The third-order valence-corrected chi connectivity index (χ3v) is 13.5. The molecule has 0 aromatic carbocycles. The molecule has 22 fully saturated rings. The average Bonchev–Trinajstić information content (AvgIpc) is 3.36. The van der Waals surface area contributed by atoms with Crippen LogP contribution in [0.3, 0.4) is 0 Å². The zero-order valence-electron chi connectivity index (χ0n) is 38.8. The number of hydrogen-bond donors (Lipinski definition) is 18. The van der Waals surface area contributed by atoms with E-state index >= 15 is 0 Å². The van der Waals surface area contributed by atoms with Gasteiger partial charge in [-0.05, 0) is 5.92 Å². The van der Waals surface area contributed by atoms with Crippen LogP contribution in [-0.4, -0.2) is 316 Å². The summed E-state index contributed by atoms with van der Waals surface area (Å²) in [5, 5.41) is 196. The molecule has 22 heterocycles. The lowest BCUT2D eigenvalue weighted by atomic mass is 9.94. The van der Waals surface area contributed by atoms with Gasteiger partial charge in [0.25, 0.3) is 0 Å². The predicted molar refractivity (Wildman–Crippen MR) is 221 cm³/mol. The highest BCUT2D eigenvalue weighted by Crippen LogP contribution is 2.38. The van der Waals surface area contributed by atoms with Gasteiger partial charge in [0.2, 0.25) is 0 Å². The largest absolute Gasteiger partial charge is 0.394 e. The molecule has 30 nitrogen and oxygen atoms in total. The van der Waals surface area contributed by atoms with Crippen molar-refractivity contribution in [2.75, 3.05) is 39.6 Å². The van der Waals surface area contributed by atoms with Crippen molar-refractivity contribution in [1.82, 2.24) is 0 Å². The van der Waals surface area contributed by atoms with Crippen molar-refractivity contribution in [2.24, 2.45) is 5.92 Å². The van der Waals surface area contributed by atoms with Crippen LogP contribution in [0.4, 0.5) is 0 Å². The van der Waals surface area contributed by atoms with Gasteiger partial charge in [0.05, 0.1) is 39.6 Å². The average molecular weight is 1040 g/mol. The van der Waals surface area contributed by atoms with Gasteiger partial charge >= 0.3 is 0 Å². The number of ether oxygens (including phenoxy) is 12. The molecule has 0 aromatic heterocycles. The summed E-state index contributed by atoms with van der Waals surface area (Å²) in [6.07, 6.45) is -57.2. The Kier molecular flexibility index (Phi) is 21.4. The van der Waals surface area contributed by atoms with Crippen LogP contribution in [0.15, 0.2) is 0 Å². The van der Waals surface area contributed by atoms with Gasteiger partial charge in [0, 0.05) is 0 Å². The van der Waals surface area contributed by atoms with Crippen molar-refractivity contribution in [2.45, 2.75) is 211 Å². The molecule has 30 atom stereocenters. The minimum Gasteiger partial charge on any atom is -0.394 e. The Hall–Kier alpha value is -1.20. The summed E-state index contributed by atoms with van der Waals surface area (Å²) in [5.74, 6) is 0.884. The van der Waals surface area contributed by atoms with Gasteiger partial charge in [-0.2, -0.15) is 0 Å².